The summed E-state index contributed by atoms with van der Waals surface area (Å²) in [5, 5.41) is 7.55. The number of para-hydroxylation sites is 1. The second kappa shape index (κ2) is 7.01. The number of ether oxygens (including phenoxy) is 1. The Morgan fingerprint density at radius 2 is 2.00 bits per heavy atom. The van der Waals surface area contributed by atoms with Gasteiger partial charge in [0.15, 0.2) is 5.11 Å². The number of hydrogen-bond acceptors (Lipinski definition) is 2. The molecule has 6 heteroatoms. The minimum atomic E-state index is 0.112. The molecule has 0 aliphatic rings. The highest BCUT2D eigenvalue weighted by molar-refractivity contribution is 7.80. The Hall–Kier alpha value is -0.550. The molecule has 2 N–H and O–H groups in total. The second-order valence-corrected chi connectivity index (χ2v) is 4.77. The van der Waals surface area contributed by atoms with Crippen molar-refractivity contribution in [2.45, 2.75) is 13.0 Å². The summed E-state index contributed by atoms with van der Waals surface area (Å²) >= 11 is 17.2. The predicted molar refractivity (Wildman–Crippen MR) is 77.2 cm³/mol. The van der Waals surface area contributed by atoms with Crippen LogP contribution >= 0.6 is 35.4 Å². The zero-order chi connectivity index (χ0) is 12.8. The van der Waals surface area contributed by atoms with Crippen LogP contribution in [0.4, 0.5) is 5.69 Å². The fraction of sp³-hybridized carbons (Fsp3) is 0.364. The lowest BCUT2D eigenvalue weighted by Gasteiger charge is -2.17. The molecule has 0 aromatic heterocycles. The molecule has 17 heavy (non-hydrogen) atoms. The number of thiocarbonyl (C=S) groups is 1. The third-order valence-corrected chi connectivity index (χ3v) is 2.85. The van der Waals surface area contributed by atoms with Gasteiger partial charge in [0.05, 0.1) is 22.3 Å². The Balaban J connectivity index is 2.62. The number of anilines is 1. The minimum absolute atomic E-state index is 0.112. The van der Waals surface area contributed by atoms with E-state index in [1.54, 1.807) is 25.3 Å². The lowest BCUT2D eigenvalue weighted by molar-refractivity contribution is 0.179. The third-order valence-electron chi connectivity index (χ3n) is 2.00. The number of nitrogens with one attached hydrogen (secondary N) is 2. The predicted octanol–water partition coefficient (Wildman–Crippen LogP) is 3.31. The van der Waals surface area contributed by atoms with E-state index in [-0.39, 0.29) is 6.04 Å². The van der Waals surface area contributed by atoms with Gasteiger partial charge in [-0.3, -0.25) is 0 Å². The first kappa shape index (κ1) is 14.5. The Kier molecular flexibility index (Phi) is 5.98. The molecule has 1 aromatic carbocycles. The molecular formula is C11H14Cl2N2OS. The summed E-state index contributed by atoms with van der Waals surface area (Å²) in [7, 11) is 1.64. The number of halogens is 2. The molecule has 94 valence electrons. The molecule has 0 fully saturated rings. The van der Waals surface area contributed by atoms with Crippen LogP contribution in [0.25, 0.3) is 0 Å². The molecule has 1 unspecified atom stereocenters. The van der Waals surface area contributed by atoms with Crippen LogP contribution in [0, 0.1) is 0 Å². The van der Waals surface area contributed by atoms with Gasteiger partial charge in [0, 0.05) is 13.2 Å². The highest BCUT2D eigenvalue weighted by Crippen LogP contribution is 2.29. The van der Waals surface area contributed by atoms with Gasteiger partial charge in [-0.1, -0.05) is 29.3 Å². The first-order chi connectivity index (χ1) is 8.04. The second-order valence-electron chi connectivity index (χ2n) is 3.55. The van der Waals surface area contributed by atoms with Crippen LogP contribution in [-0.4, -0.2) is 24.9 Å². The zero-order valence-corrected chi connectivity index (χ0v) is 11.9. The standard InChI is InChI=1S/C11H14Cl2N2OS/c1-7(6-16-2)14-11(17)15-10-8(12)4-3-5-9(10)13/h3-5,7H,6H2,1-2H3,(H2,14,15,17). The smallest absolute Gasteiger partial charge is 0.171 e. The van der Waals surface area contributed by atoms with Gasteiger partial charge in [-0.2, -0.15) is 0 Å². The van der Waals surface area contributed by atoms with Crippen LogP contribution in [0.1, 0.15) is 6.92 Å². The van der Waals surface area contributed by atoms with Crippen molar-refractivity contribution in [1.29, 1.82) is 0 Å². The molecular weight excluding hydrogens is 279 g/mol. The normalized spacial score (nSPS) is 12.0. The molecule has 0 bridgehead atoms. The van der Waals surface area contributed by atoms with Crippen LogP contribution in [0.15, 0.2) is 18.2 Å². The summed E-state index contributed by atoms with van der Waals surface area (Å²) in [6.45, 7) is 2.53. The van der Waals surface area contributed by atoms with Crippen LogP contribution in [0.2, 0.25) is 10.0 Å². The van der Waals surface area contributed by atoms with E-state index in [4.69, 9.17) is 40.2 Å². The summed E-state index contributed by atoms with van der Waals surface area (Å²) in [5.41, 5.74) is 0.609. The fourth-order valence-electron chi connectivity index (χ4n) is 1.28. The average Bonchev–Trinajstić information content (AvgIpc) is 2.24. The molecule has 3 nitrogen and oxygen atoms in total. The van der Waals surface area contributed by atoms with Crippen LogP contribution in [-0.2, 0) is 4.74 Å². The number of hydrogen-bond donors (Lipinski definition) is 2. The lowest BCUT2D eigenvalue weighted by Crippen LogP contribution is -2.38. The van der Waals surface area contributed by atoms with E-state index in [9.17, 15) is 0 Å². The quantitative estimate of drug-likeness (QED) is 0.834. The third kappa shape index (κ3) is 4.68. The van der Waals surface area contributed by atoms with Crippen molar-refractivity contribution < 1.29 is 4.74 Å². The summed E-state index contributed by atoms with van der Waals surface area (Å²) in [6.07, 6.45) is 0. The van der Waals surface area contributed by atoms with E-state index in [2.05, 4.69) is 10.6 Å². The minimum Gasteiger partial charge on any atom is -0.383 e. The van der Waals surface area contributed by atoms with E-state index in [0.717, 1.165) is 0 Å². The molecule has 1 atom stereocenters. The molecule has 0 spiro atoms. The number of rotatable bonds is 4. The first-order valence-electron chi connectivity index (χ1n) is 5.05. The fourth-order valence-corrected chi connectivity index (χ4v) is 2.08. The number of methoxy groups -OCH3 is 1. The molecule has 0 saturated carbocycles. The van der Waals surface area contributed by atoms with Gasteiger partial charge < -0.3 is 15.4 Å². The molecule has 1 rings (SSSR count). The van der Waals surface area contributed by atoms with E-state index >= 15 is 0 Å². The molecule has 0 radical (unpaired) electrons. The van der Waals surface area contributed by atoms with Crippen LogP contribution < -0.4 is 10.6 Å². The van der Waals surface area contributed by atoms with Gasteiger partial charge in [0.25, 0.3) is 0 Å². The van der Waals surface area contributed by atoms with Gasteiger partial charge in [0.1, 0.15) is 0 Å². The maximum absolute atomic E-state index is 6.01. The topological polar surface area (TPSA) is 33.3 Å². The summed E-state index contributed by atoms with van der Waals surface area (Å²) < 4.78 is 5.00. The van der Waals surface area contributed by atoms with E-state index in [1.165, 1.54) is 0 Å². The van der Waals surface area contributed by atoms with E-state index < -0.39 is 0 Å². The Morgan fingerprint density at radius 3 is 2.53 bits per heavy atom. The summed E-state index contributed by atoms with van der Waals surface area (Å²) in [4.78, 5) is 0. The molecule has 0 saturated heterocycles. The summed E-state index contributed by atoms with van der Waals surface area (Å²) in [6, 6.07) is 5.38. The van der Waals surface area contributed by atoms with Gasteiger partial charge in [-0.15, -0.1) is 0 Å². The van der Waals surface area contributed by atoms with Gasteiger partial charge in [-0.25, -0.2) is 0 Å². The van der Waals surface area contributed by atoms with Crippen molar-refractivity contribution in [3.05, 3.63) is 28.2 Å². The van der Waals surface area contributed by atoms with Crippen molar-refractivity contribution >= 4 is 46.2 Å². The summed E-state index contributed by atoms with van der Waals surface area (Å²) in [5.74, 6) is 0. The lowest BCUT2D eigenvalue weighted by atomic mass is 10.3. The zero-order valence-electron chi connectivity index (χ0n) is 9.59. The van der Waals surface area contributed by atoms with E-state index in [0.29, 0.717) is 27.5 Å². The molecule has 0 heterocycles. The first-order valence-corrected chi connectivity index (χ1v) is 6.21. The van der Waals surface area contributed by atoms with Crippen LogP contribution in [0.3, 0.4) is 0 Å². The van der Waals surface area contributed by atoms with E-state index in [1.807, 2.05) is 6.92 Å². The van der Waals surface area contributed by atoms with Crippen molar-refractivity contribution in [2.75, 3.05) is 19.0 Å². The Labute approximate surface area is 116 Å². The van der Waals surface area contributed by atoms with Gasteiger partial charge in [0.2, 0.25) is 0 Å². The monoisotopic (exact) mass is 292 g/mol. The van der Waals surface area contributed by atoms with Crippen molar-refractivity contribution in [3.8, 4) is 0 Å². The highest BCUT2D eigenvalue weighted by Gasteiger charge is 2.08. The van der Waals surface area contributed by atoms with Crippen molar-refractivity contribution in [3.63, 3.8) is 0 Å². The van der Waals surface area contributed by atoms with Crippen molar-refractivity contribution in [1.82, 2.24) is 5.32 Å². The number of benzene rings is 1. The molecule has 0 aliphatic heterocycles. The maximum atomic E-state index is 6.01. The van der Waals surface area contributed by atoms with Gasteiger partial charge in [-0.05, 0) is 31.3 Å². The molecule has 0 aliphatic carbocycles. The largest absolute Gasteiger partial charge is 0.383 e. The maximum Gasteiger partial charge on any atom is 0.171 e. The van der Waals surface area contributed by atoms with Gasteiger partial charge >= 0.3 is 0 Å². The molecule has 1 aromatic rings. The molecule has 0 amide bonds. The Bertz CT molecular complexity index is 381. The van der Waals surface area contributed by atoms with Crippen LogP contribution in [0.5, 0.6) is 0 Å². The SMILES string of the molecule is COCC(C)NC(=S)Nc1c(Cl)cccc1Cl. The average molecular weight is 293 g/mol. The highest BCUT2D eigenvalue weighted by atomic mass is 35.5. The Morgan fingerprint density at radius 1 is 1.41 bits per heavy atom. The van der Waals surface area contributed by atoms with Crippen molar-refractivity contribution in [2.24, 2.45) is 0 Å².